The molecule has 1 unspecified atom stereocenters. The molecule has 29 heavy (non-hydrogen) atoms. The summed E-state index contributed by atoms with van der Waals surface area (Å²) in [6.07, 6.45) is 9.61. The zero-order chi connectivity index (χ0) is 20.9. The molecule has 1 saturated carbocycles. The molecule has 2 saturated heterocycles. The van der Waals surface area contributed by atoms with Crippen molar-refractivity contribution in [1.82, 2.24) is 19.8 Å². The number of nitrogens with zero attached hydrogens (tertiary/aromatic N) is 3. The first-order valence-corrected chi connectivity index (χ1v) is 13.0. The summed E-state index contributed by atoms with van der Waals surface area (Å²) in [6.45, 7) is 5.33. The van der Waals surface area contributed by atoms with Crippen molar-refractivity contribution in [2.24, 2.45) is 10.9 Å². The Balaban J connectivity index is 1.53. The molecule has 1 aliphatic carbocycles. The summed E-state index contributed by atoms with van der Waals surface area (Å²) in [5, 5.41) is 6.72. The molecule has 0 spiro atoms. The van der Waals surface area contributed by atoms with Gasteiger partial charge in [0, 0.05) is 44.2 Å². The lowest BCUT2D eigenvalue weighted by molar-refractivity contribution is -0.135. The summed E-state index contributed by atoms with van der Waals surface area (Å²) in [5.41, 5.74) is 0. The molecule has 0 aromatic rings. The zero-order valence-electron chi connectivity index (χ0n) is 17.9. The molecule has 0 aromatic carbocycles. The predicted molar refractivity (Wildman–Crippen MR) is 115 cm³/mol. The van der Waals surface area contributed by atoms with E-state index in [9.17, 15) is 13.2 Å². The van der Waals surface area contributed by atoms with Gasteiger partial charge in [0.25, 0.3) is 0 Å². The van der Waals surface area contributed by atoms with Crippen molar-refractivity contribution in [2.45, 2.75) is 70.4 Å². The van der Waals surface area contributed by atoms with Gasteiger partial charge in [0.15, 0.2) is 5.96 Å². The minimum Gasteiger partial charge on any atom is -0.357 e. The Morgan fingerprint density at radius 1 is 1.07 bits per heavy atom. The minimum absolute atomic E-state index is 0.0617. The highest BCUT2D eigenvalue weighted by Gasteiger charge is 2.33. The van der Waals surface area contributed by atoms with Gasteiger partial charge < -0.3 is 15.5 Å². The number of sulfonamides is 1. The van der Waals surface area contributed by atoms with E-state index in [1.54, 1.807) is 4.31 Å². The van der Waals surface area contributed by atoms with E-state index in [1.807, 2.05) is 11.8 Å². The third kappa shape index (κ3) is 6.07. The lowest BCUT2D eigenvalue weighted by Gasteiger charge is -2.26. The number of hydrogen-bond acceptors (Lipinski definition) is 4. The molecule has 0 aromatic heterocycles. The Morgan fingerprint density at radius 3 is 2.52 bits per heavy atom. The molecule has 0 bridgehead atoms. The van der Waals surface area contributed by atoms with Gasteiger partial charge in [0.05, 0.1) is 12.8 Å². The van der Waals surface area contributed by atoms with Crippen molar-refractivity contribution in [3.63, 3.8) is 0 Å². The van der Waals surface area contributed by atoms with E-state index in [0.717, 1.165) is 51.7 Å². The monoisotopic (exact) mass is 427 g/mol. The lowest BCUT2D eigenvalue weighted by atomic mass is 9.88. The molecule has 2 N–H and O–H groups in total. The maximum absolute atomic E-state index is 12.8. The second kappa shape index (κ2) is 10.1. The highest BCUT2D eigenvalue weighted by atomic mass is 32.2. The molecule has 8 nitrogen and oxygen atoms in total. The van der Waals surface area contributed by atoms with E-state index in [4.69, 9.17) is 0 Å². The predicted octanol–water partition coefficient (Wildman–Crippen LogP) is 1.15. The number of rotatable bonds is 6. The zero-order valence-corrected chi connectivity index (χ0v) is 18.7. The van der Waals surface area contributed by atoms with Crippen LogP contribution in [0, 0.1) is 5.92 Å². The fraction of sp³-hybridized carbons (Fsp3) is 0.900. The van der Waals surface area contributed by atoms with E-state index in [1.165, 1.54) is 25.5 Å². The first-order chi connectivity index (χ1) is 13.9. The van der Waals surface area contributed by atoms with Gasteiger partial charge in [-0.15, -0.1) is 0 Å². The Hall–Kier alpha value is -1.35. The van der Waals surface area contributed by atoms with E-state index < -0.39 is 10.0 Å². The van der Waals surface area contributed by atoms with Crippen LogP contribution in [0.15, 0.2) is 4.99 Å². The average Bonchev–Trinajstić information content (AvgIpc) is 3.35. The van der Waals surface area contributed by atoms with E-state index in [0.29, 0.717) is 25.0 Å². The first kappa shape index (κ1) is 22.3. The Bertz CT molecular complexity index is 690. The van der Waals surface area contributed by atoms with Crippen LogP contribution in [-0.2, 0) is 14.8 Å². The summed E-state index contributed by atoms with van der Waals surface area (Å²) >= 11 is 0. The van der Waals surface area contributed by atoms with Gasteiger partial charge in [0.1, 0.15) is 0 Å². The van der Waals surface area contributed by atoms with Crippen LogP contribution in [0.2, 0.25) is 0 Å². The third-order valence-electron chi connectivity index (χ3n) is 6.35. The molecule has 3 fully saturated rings. The topological polar surface area (TPSA) is 94.1 Å². The third-order valence-corrected chi connectivity index (χ3v) is 7.68. The molecule has 2 heterocycles. The number of aliphatic imine (C=N–C) groups is 1. The largest absolute Gasteiger partial charge is 0.357 e. The Kier molecular flexibility index (Phi) is 7.79. The summed E-state index contributed by atoms with van der Waals surface area (Å²) in [4.78, 5) is 19.5. The molecule has 3 rings (SSSR count). The highest BCUT2D eigenvalue weighted by Crippen LogP contribution is 2.27. The van der Waals surface area contributed by atoms with Gasteiger partial charge in [-0.1, -0.05) is 19.3 Å². The fourth-order valence-corrected chi connectivity index (χ4v) is 6.00. The molecular formula is C20H37N5O3S. The summed E-state index contributed by atoms with van der Waals surface area (Å²) in [6, 6.07) is 0.128. The number of hydrogen-bond donors (Lipinski definition) is 2. The normalized spacial score (nSPS) is 27.4. The number of guanidine groups is 1. The maximum Gasteiger partial charge on any atom is 0.225 e. The number of carbonyl (C=O) groups is 1. The van der Waals surface area contributed by atoms with Gasteiger partial charge in [-0.25, -0.2) is 8.42 Å². The number of likely N-dealkylation sites (tertiary alicyclic amines) is 1. The second-order valence-electron chi connectivity index (χ2n) is 8.64. The van der Waals surface area contributed by atoms with Crippen LogP contribution in [0.3, 0.4) is 0 Å². The molecular weight excluding hydrogens is 390 g/mol. The summed E-state index contributed by atoms with van der Waals surface area (Å²) < 4.78 is 25.4. The standard InChI is InChI=1S/C20H37N5O3S/c1-3-21-20(22-14-18-10-7-12-25(18)29(2,27)28)23-17-11-13-24(15-17)19(26)16-8-5-4-6-9-16/h16-18H,3-15H2,1-2H3,(H2,21,22,23)/t17?,18-/m1/s1. The molecule has 166 valence electrons. The van der Waals surface area contributed by atoms with Crippen LogP contribution in [0.4, 0.5) is 0 Å². The molecule has 2 atom stereocenters. The SMILES string of the molecule is CCNC(=NC[C@H]1CCCN1S(C)(=O)=O)NC1CCN(C(=O)C2CCCCC2)C1. The second-order valence-corrected chi connectivity index (χ2v) is 10.6. The Labute approximate surface area is 175 Å². The van der Waals surface area contributed by atoms with Crippen LogP contribution < -0.4 is 10.6 Å². The lowest BCUT2D eigenvalue weighted by Crippen LogP contribution is -2.46. The molecule has 3 aliphatic rings. The van der Waals surface area contributed by atoms with Crippen molar-refractivity contribution >= 4 is 21.9 Å². The number of nitrogens with one attached hydrogen (secondary N) is 2. The summed E-state index contributed by atoms with van der Waals surface area (Å²) in [5.74, 6) is 1.25. The highest BCUT2D eigenvalue weighted by molar-refractivity contribution is 7.88. The van der Waals surface area contributed by atoms with Crippen molar-refractivity contribution in [3.8, 4) is 0 Å². The van der Waals surface area contributed by atoms with Crippen LogP contribution in [-0.4, -0.2) is 80.6 Å². The van der Waals surface area contributed by atoms with E-state index in [-0.39, 0.29) is 18.0 Å². The van der Waals surface area contributed by atoms with Crippen molar-refractivity contribution < 1.29 is 13.2 Å². The maximum atomic E-state index is 12.8. The van der Waals surface area contributed by atoms with Gasteiger partial charge >= 0.3 is 0 Å². The molecule has 9 heteroatoms. The minimum atomic E-state index is -3.18. The fourth-order valence-electron chi connectivity index (χ4n) is 4.82. The van der Waals surface area contributed by atoms with Crippen molar-refractivity contribution in [3.05, 3.63) is 0 Å². The van der Waals surface area contributed by atoms with Crippen LogP contribution in [0.1, 0.15) is 58.3 Å². The number of amides is 1. The molecule has 0 radical (unpaired) electrons. The van der Waals surface area contributed by atoms with Crippen LogP contribution >= 0.6 is 0 Å². The molecule has 1 amide bonds. The van der Waals surface area contributed by atoms with Gasteiger partial charge in [-0.2, -0.15) is 4.31 Å². The van der Waals surface area contributed by atoms with Gasteiger partial charge in [-0.3, -0.25) is 9.79 Å². The molecule has 2 aliphatic heterocycles. The van der Waals surface area contributed by atoms with Gasteiger partial charge in [0.2, 0.25) is 15.9 Å². The van der Waals surface area contributed by atoms with Crippen LogP contribution in [0.5, 0.6) is 0 Å². The quantitative estimate of drug-likeness (QED) is 0.490. The average molecular weight is 428 g/mol. The van der Waals surface area contributed by atoms with E-state index >= 15 is 0 Å². The summed E-state index contributed by atoms with van der Waals surface area (Å²) in [7, 11) is -3.18. The van der Waals surface area contributed by atoms with Crippen molar-refractivity contribution in [1.29, 1.82) is 0 Å². The Morgan fingerprint density at radius 2 is 1.83 bits per heavy atom. The first-order valence-electron chi connectivity index (χ1n) is 11.2. The van der Waals surface area contributed by atoms with Crippen molar-refractivity contribution in [2.75, 3.05) is 39.0 Å². The van der Waals surface area contributed by atoms with Gasteiger partial charge in [-0.05, 0) is 39.0 Å². The van der Waals surface area contributed by atoms with Crippen LogP contribution in [0.25, 0.3) is 0 Å². The number of carbonyl (C=O) groups excluding carboxylic acids is 1. The van der Waals surface area contributed by atoms with E-state index in [2.05, 4.69) is 15.6 Å². The smallest absolute Gasteiger partial charge is 0.225 e.